The predicted octanol–water partition coefficient (Wildman–Crippen LogP) is 0.536. The normalized spacial score (nSPS) is 34.7. The van der Waals surface area contributed by atoms with Gasteiger partial charge in [0.1, 0.15) is 0 Å². The van der Waals surface area contributed by atoms with Crippen molar-refractivity contribution >= 4 is 0 Å². The molecule has 3 heteroatoms. The molecule has 2 rings (SSSR count). The average Bonchev–Trinajstić information content (AvgIpc) is 2.84. The minimum absolute atomic E-state index is 0.224. The summed E-state index contributed by atoms with van der Waals surface area (Å²) in [5.74, 6) is 0. The van der Waals surface area contributed by atoms with Crippen molar-refractivity contribution in [3.05, 3.63) is 0 Å². The predicted molar refractivity (Wildman–Crippen MR) is 57.3 cm³/mol. The maximum Gasteiger partial charge on any atom is 0.0599 e. The Bertz CT molecular complexity index is 213. The minimum atomic E-state index is 0.224. The van der Waals surface area contributed by atoms with Crippen LogP contribution in [0.15, 0.2) is 0 Å². The molecule has 1 saturated carbocycles. The van der Waals surface area contributed by atoms with Crippen LogP contribution in [0.1, 0.15) is 26.7 Å². The summed E-state index contributed by atoms with van der Waals surface area (Å²) < 4.78 is 0. The van der Waals surface area contributed by atoms with E-state index in [1.807, 2.05) is 0 Å². The molecule has 1 saturated heterocycles. The minimum Gasteiger partial charge on any atom is -0.395 e. The highest BCUT2D eigenvalue weighted by atomic mass is 16.3. The van der Waals surface area contributed by atoms with E-state index in [-0.39, 0.29) is 5.54 Å². The first-order valence-corrected chi connectivity index (χ1v) is 5.62. The first-order chi connectivity index (χ1) is 6.54. The molecule has 3 nitrogen and oxygen atoms in total. The van der Waals surface area contributed by atoms with Crippen LogP contribution in [0, 0.1) is 0 Å². The number of aliphatic hydroxyl groups excluding tert-OH is 1. The van der Waals surface area contributed by atoms with E-state index in [0.717, 1.165) is 19.1 Å². The van der Waals surface area contributed by atoms with Crippen molar-refractivity contribution in [2.75, 3.05) is 26.7 Å². The molecule has 82 valence electrons. The SMILES string of the molecule is CN1CC(CO)N(C2CC2)C(C)(C)C1. The molecule has 0 bridgehead atoms. The number of aliphatic hydroxyl groups is 1. The standard InChI is InChI=1S/C11H22N2O/c1-11(2)8-12(3)6-10(7-14)13(11)9-4-5-9/h9-10,14H,4-8H2,1-3H3. The quantitative estimate of drug-likeness (QED) is 0.701. The Balaban J connectivity index is 2.14. The molecular weight excluding hydrogens is 176 g/mol. The van der Waals surface area contributed by atoms with Crippen molar-refractivity contribution in [2.24, 2.45) is 0 Å². The van der Waals surface area contributed by atoms with Crippen LogP contribution in [-0.4, -0.2) is 59.3 Å². The van der Waals surface area contributed by atoms with Crippen LogP contribution in [0.3, 0.4) is 0 Å². The summed E-state index contributed by atoms with van der Waals surface area (Å²) in [4.78, 5) is 4.88. The van der Waals surface area contributed by atoms with Crippen molar-refractivity contribution in [3.8, 4) is 0 Å². The van der Waals surface area contributed by atoms with Gasteiger partial charge in [-0.1, -0.05) is 0 Å². The molecule has 1 unspecified atom stereocenters. The molecule has 2 fully saturated rings. The van der Waals surface area contributed by atoms with Gasteiger partial charge in [-0.05, 0) is 33.7 Å². The smallest absolute Gasteiger partial charge is 0.0599 e. The fraction of sp³-hybridized carbons (Fsp3) is 1.00. The summed E-state index contributed by atoms with van der Waals surface area (Å²) in [6.07, 6.45) is 2.65. The molecule has 1 aliphatic heterocycles. The van der Waals surface area contributed by atoms with E-state index in [4.69, 9.17) is 0 Å². The highest BCUT2D eigenvalue weighted by Gasteiger charge is 2.45. The average molecular weight is 198 g/mol. The van der Waals surface area contributed by atoms with Crippen molar-refractivity contribution in [1.82, 2.24) is 9.80 Å². The molecule has 1 N–H and O–H groups in total. The van der Waals surface area contributed by atoms with Gasteiger partial charge in [-0.3, -0.25) is 4.90 Å². The Labute approximate surface area is 86.7 Å². The van der Waals surface area contributed by atoms with Gasteiger partial charge in [-0.25, -0.2) is 0 Å². The first kappa shape index (κ1) is 10.4. The second-order valence-electron chi connectivity index (χ2n) is 5.48. The third kappa shape index (κ3) is 1.81. The maximum absolute atomic E-state index is 9.42. The number of nitrogens with zero attached hydrogens (tertiary/aromatic N) is 2. The summed E-state index contributed by atoms with van der Waals surface area (Å²) in [7, 11) is 2.15. The highest BCUT2D eigenvalue weighted by molar-refractivity contribution is 5.01. The van der Waals surface area contributed by atoms with Crippen molar-refractivity contribution in [1.29, 1.82) is 0 Å². The zero-order chi connectivity index (χ0) is 10.3. The van der Waals surface area contributed by atoms with Gasteiger partial charge in [-0.15, -0.1) is 0 Å². The molecule has 0 aromatic carbocycles. The zero-order valence-corrected chi connectivity index (χ0v) is 9.53. The van der Waals surface area contributed by atoms with E-state index >= 15 is 0 Å². The fourth-order valence-electron chi connectivity index (χ4n) is 3.04. The third-order valence-electron chi connectivity index (χ3n) is 3.42. The Hall–Kier alpha value is -0.120. The van der Waals surface area contributed by atoms with E-state index in [0.29, 0.717) is 12.6 Å². The van der Waals surface area contributed by atoms with Crippen LogP contribution in [0.2, 0.25) is 0 Å². The molecule has 0 aromatic heterocycles. The molecule has 0 spiro atoms. The Kier molecular flexibility index (Phi) is 2.58. The molecule has 1 heterocycles. The molecule has 1 atom stereocenters. The van der Waals surface area contributed by atoms with Gasteiger partial charge < -0.3 is 10.0 Å². The lowest BCUT2D eigenvalue weighted by Gasteiger charge is -2.51. The summed E-state index contributed by atoms with van der Waals surface area (Å²) >= 11 is 0. The Morgan fingerprint density at radius 3 is 2.50 bits per heavy atom. The third-order valence-corrected chi connectivity index (χ3v) is 3.42. The number of hydrogen-bond donors (Lipinski definition) is 1. The van der Waals surface area contributed by atoms with Gasteiger partial charge in [0, 0.05) is 30.7 Å². The maximum atomic E-state index is 9.42. The zero-order valence-electron chi connectivity index (χ0n) is 9.53. The molecule has 14 heavy (non-hydrogen) atoms. The van der Waals surface area contributed by atoms with E-state index in [1.54, 1.807) is 0 Å². The van der Waals surface area contributed by atoms with Crippen LogP contribution < -0.4 is 0 Å². The monoisotopic (exact) mass is 198 g/mol. The second kappa shape index (κ2) is 3.47. The van der Waals surface area contributed by atoms with Gasteiger partial charge in [0.2, 0.25) is 0 Å². The van der Waals surface area contributed by atoms with Crippen molar-refractivity contribution < 1.29 is 5.11 Å². The summed E-state index contributed by atoms with van der Waals surface area (Å²) in [5.41, 5.74) is 0.224. The fourth-order valence-corrected chi connectivity index (χ4v) is 3.04. The number of hydrogen-bond acceptors (Lipinski definition) is 3. The highest BCUT2D eigenvalue weighted by Crippen LogP contribution is 2.37. The lowest BCUT2D eigenvalue weighted by molar-refractivity contribution is -0.0418. The number of piperazine rings is 1. The molecule has 0 amide bonds. The first-order valence-electron chi connectivity index (χ1n) is 5.62. The van der Waals surface area contributed by atoms with Crippen LogP contribution >= 0.6 is 0 Å². The summed E-state index contributed by atoms with van der Waals surface area (Å²) in [6, 6.07) is 1.09. The lowest BCUT2D eigenvalue weighted by atomic mass is 9.95. The van der Waals surface area contributed by atoms with Gasteiger partial charge in [0.15, 0.2) is 0 Å². The topological polar surface area (TPSA) is 26.7 Å². The van der Waals surface area contributed by atoms with Gasteiger partial charge in [0.05, 0.1) is 6.61 Å². The van der Waals surface area contributed by atoms with Crippen LogP contribution in [0.25, 0.3) is 0 Å². The molecule has 0 radical (unpaired) electrons. The lowest BCUT2D eigenvalue weighted by Crippen LogP contribution is -2.64. The molecule has 0 aromatic rings. The van der Waals surface area contributed by atoms with Gasteiger partial charge >= 0.3 is 0 Å². The van der Waals surface area contributed by atoms with Crippen LogP contribution in [-0.2, 0) is 0 Å². The molecule has 2 aliphatic rings. The Morgan fingerprint density at radius 2 is 2.00 bits per heavy atom. The number of rotatable bonds is 2. The van der Waals surface area contributed by atoms with Crippen LogP contribution in [0.4, 0.5) is 0 Å². The summed E-state index contributed by atoms with van der Waals surface area (Å²) in [5, 5.41) is 9.42. The van der Waals surface area contributed by atoms with E-state index < -0.39 is 0 Å². The summed E-state index contributed by atoms with van der Waals surface area (Å²) in [6.45, 7) is 7.01. The van der Waals surface area contributed by atoms with Gasteiger partial charge in [-0.2, -0.15) is 0 Å². The number of likely N-dealkylation sites (N-methyl/N-ethyl adjacent to an activating group) is 1. The van der Waals surface area contributed by atoms with E-state index in [1.165, 1.54) is 12.8 Å². The van der Waals surface area contributed by atoms with E-state index in [9.17, 15) is 5.11 Å². The molecular formula is C11H22N2O. The van der Waals surface area contributed by atoms with Crippen molar-refractivity contribution in [2.45, 2.75) is 44.3 Å². The van der Waals surface area contributed by atoms with Crippen LogP contribution in [0.5, 0.6) is 0 Å². The van der Waals surface area contributed by atoms with E-state index in [2.05, 4.69) is 30.7 Å². The Morgan fingerprint density at radius 1 is 1.36 bits per heavy atom. The molecule has 1 aliphatic carbocycles. The van der Waals surface area contributed by atoms with Crippen molar-refractivity contribution in [3.63, 3.8) is 0 Å². The second-order valence-corrected chi connectivity index (χ2v) is 5.48. The largest absolute Gasteiger partial charge is 0.395 e. The van der Waals surface area contributed by atoms with Gasteiger partial charge in [0.25, 0.3) is 0 Å².